The Morgan fingerprint density at radius 3 is 2.25 bits per heavy atom. The van der Waals surface area contributed by atoms with Crippen molar-refractivity contribution in [1.82, 2.24) is 0 Å². The zero-order valence-electron chi connectivity index (χ0n) is 16.0. The number of carbonyl (C=O) groups is 2. The predicted molar refractivity (Wildman–Crippen MR) is 103 cm³/mol. The lowest BCUT2D eigenvalue weighted by Crippen LogP contribution is -2.45. The molecule has 1 aliphatic heterocycles. The van der Waals surface area contributed by atoms with Crippen LogP contribution in [-0.4, -0.2) is 38.3 Å². The molecule has 1 saturated heterocycles. The highest BCUT2D eigenvalue weighted by Gasteiger charge is 2.41. The summed E-state index contributed by atoms with van der Waals surface area (Å²) in [5, 5.41) is 9.82. The van der Waals surface area contributed by atoms with E-state index in [-0.39, 0.29) is 18.7 Å². The summed E-state index contributed by atoms with van der Waals surface area (Å²) in [5.41, 5.74) is 1.30. The third-order valence-corrected chi connectivity index (χ3v) is 5.01. The number of amides is 1. The van der Waals surface area contributed by atoms with Crippen LogP contribution >= 0.6 is 0 Å². The minimum atomic E-state index is -0.939. The smallest absolute Gasteiger partial charge is 0.308 e. The summed E-state index contributed by atoms with van der Waals surface area (Å²) >= 11 is 0. The molecule has 1 heterocycles. The standard InChI is InChI=1S/C21H23NO6/c1-26-15-7-5-14(6-8-15)22-19(23)11-9-16(21(24)25)20(22)13-4-10-17(27-2)18(12-13)28-3/h4-8,10,12,16,20H,9,11H2,1-3H3,(H,24,25)/t16-,20-/m1/s1. The van der Waals surface area contributed by atoms with Crippen molar-refractivity contribution < 1.29 is 28.9 Å². The number of piperidine rings is 1. The van der Waals surface area contributed by atoms with E-state index in [0.29, 0.717) is 28.5 Å². The fraction of sp³-hybridized carbons (Fsp3) is 0.333. The van der Waals surface area contributed by atoms with E-state index < -0.39 is 17.9 Å². The van der Waals surface area contributed by atoms with E-state index in [2.05, 4.69) is 0 Å². The highest BCUT2D eigenvalue weighted by Crippen LogP contribution is 2.42. The van der Waals surface area contributed by atoms with Gasteiger partial charge in [-0.05, 0) is 48.4 Å². The minimum Gasteiger partial charge on any atom is -0.497 e. The number of nitrogens with zero attached hydrogens (tertiary/aromatic N) is 1. The van der Waals surface area contributed by atoms with Gasteiger partial charge in [0, 0.05) is 12.1 Å². The second-order valence-electron chi connectivity index (χ2n) is 6.50. The van der Waals surface area contributed by atoms with Gasteiger partial charge in [-0.1, -0.05) is 6.07 Å². The molecule has 2 aromatic rings. The van der Waals surface area contributed by atoms with Crippen molar-refractivity contribution >= 4 is 17.6 Å². The summed E-state index contributed by atoms with van der Waals surface area (Å²) in [5.74, 6) is -0.120. The van der Waals surface area contributed by atoms with E-state index in [1.165, 1.54) is 14.2 Å². The molecule has 7 heteroatoms. The maximum absolute atomic E-state index is 12.8. The molecule has 0 bridgehead atoms. The van der Waals surface area contributed by atoms with Crippen LogP contribution in [0.1, 0.15) is 24.4 Å². The van der Waals surface area contributed by atoms with Crippen molar-refractivity contribution in [3.8, 4) is 17.2 Å². The number of carbonyl (C=O) groups excluding carboxylic acids is 1. The van der Waals surface area contributed by atoms with Crippen molar-refractivity contribution in [1.29, 1.82) is 0 Å². The number of hydrogen-bond acceptors (Lipinski definition) is 5. The lowest BCUT2D eigenvalue weighted by Gasteiger charge is -2.40. The van der Waals surface area contributed by atoms with Crippen molar-refractivity contribution in [2.45, 2.75) is 18.9 Å². The summed E-state index contributed by atoms with van der Waals surface area (Å²) < 4.78 is 15.8. The number of benzene rings is 2. The Hall–Kier alpha value is -3.22. The zero-order chi connectivity index (χ0) is 20.3. The van der Waals surface area contributed by atoms with Crippen LogP contribution in [0, 0.1) is 5.92 Å². The van der Waals surface area contributed by atoms with Crippen LogP contribution in [-0.2, 0) is 9.59 Å². The Morgan fingerprint density at radius 2 is 1.68 bits per heavy atom. The maximum atomic E-state index is 12.8. The molecular formula is C21H23NO6. The van der Waals surface area contributed by atoms with Gasteiger partial charge in [0.05, 0.1) is 33.3 Å². The predicted octanol–water partition coefficient (Wildman–Crippen LogP) is 3.28. The average molecular weight is 385 g/mol. The molecule has 7 nitrogen and oxygen atoms in total. The average Bonchev–Trinajstić information content (AvgIpc) is 2.72. The van der Waals surface area contributed by atoms with Gasteiger partial charge in [0.1, 0.15) is 5.75 Å². The van der Waals surface area contributed by atoms with Gasteiger partial charge in [0.15, 0.2) is 11.5 Å². The summed E-state index contributed by atoms with van der Waals surface area (Å²) in [7, 11) is 4.61. The highest BCUT2D eigenvalue weighted by molar-refractivity contribution is 5.96. The molecule has 0 saturated carbocycles. The molecule has 2 aromatic carbocycles. The molecule has 0 spiro atoms. The summed E-state index contributed by atoms with van der Waals surface area (Å²) in [6.45, 7) is 0. The van der Waals surface area contributed by atoms with Crippen LogP contribution in [0.3, 0.4) is 0 Å². The van der Waals surface area contributed by atoms with Gasteiger partial charge in [-0.2, -0.15) is 0 Å². The lowest BCUT2D eigenvalue weighted by atomic mass is 9.83. The van der Waals surface area contributed by atoms with Crippen molar-refractivity contribution in [2.24, 2.45) is 5.92 Å². The van der Waals surface area contributed by atoms with Crippen LogP contribution in [0.25, 0.3) is 0 Å². The van der Waals surface area contributed by atoms with Crippen molar-refractivity contribution in [2.75, 3.05) is 26.2 Å². The molecule has 0 aromatic heterocycles. The van der Waals surface area contributed by atoms with Gasteiger partial charge in [-0.15, -0.1) is 0 Å². The van der Waals surface area contributed by atoms with E-state index in [1.54, 1.807) is 54.5 Å². The minimum absolute atomic E-state index is 0.123. The molecule has 2 atom stereocenters. The van der Waals surface area contributed by atoms with Gasteiger partial charge < -0.3 is 24.2 Å². The molecule has 0 aliphatic carbocycles. The van der Waals surface area contributed by atoms with Gasteiger partial charge in [0.25, 0.3) is 0 Å². The number of hydrogen-bond donors (Lipinski definition) is 1. The number of aliphatic carboxylic acids is 1. The first-order valence-corrected chi connectivity index (χ1v) is 8.91. The molecule has 0 radical (unpaired) electrons. The molecule has 1 N–H and O–H groups in total. The van der Waals surface area contributed by atoms with Crippen LogP contribution in [0.5, 0.6) is 17.2 Å². The monoisotopic (exact) mass is 385 g/mol. The van der Waals surface area contributed by atoms with Crippen molar-refractivity contribution in [3.05, 3.63) is 48.0 Å². The Morgan fingerprint density at radius 1 is 1.00 bits per heavy atom. The second kappa shape index (κ2) is 8.21. The number of carboxylic acid groups (broad SMARTS) is 1. The first-order valence-electron chi connectivity index (χ1n) is 8.91. The van der Waals surface area contributed by atoms with Gasteiger partial charge in [0.2, 0.25) is 5.91 Å². The van der Waals surface area contributed by atoms with Gasteiger partial charge >= 0.3 is 5.97 Å². The second-order valence-corrected chi connectivity index (χ2v) is 6.50. The van der Waals surface area contributed by atoms with Crippen LogP contribution in [0.15, 0.2) is 42.5 Å². The molecule has 28 heavy (non-hydrogen) atoms. The Kier molecular flexibility index (Phi) is 5.73. The van der Waals surface area contributed by atoms with E-state index in [1.807, 2.05) is 0 Å². The Labute approximate surface area is 163 Å². The van der Waals surface area contributed by atoms with E-state index in [9.17, 15) is 14.7 Å². The first-order chi connectivity index (χ1) is 13.5. The van der Waals surface area contributed by atoms with Gasteiger partial charge in [-0.25, -0.2) is 0 Å². The topological polar surface area (TPSA) is 85.3 Å². The first kappa shape index (κ1) is 19.5. The summed E-state index contributed by atoms with van der Waals surface area (Å²) in [6.07, 6.45) is 0.451. The molecule has 1 amide bonds. The molecule has 1 aliphatic rings. The van der Waals surface area contributed by atoms with Crippen LogP contribution in [0.2, 0.25) is 0 Å². The maximum Gasteiger partial charge on any atom is 0.308 e. The summed E-state index contributed by atoms with van der Waals surface area (Å²) in [6, 6.07) is 11.6. The third-order valence-electron chi connectivity index (χ3n) is 5.01. The number of rotatable bonds is 6. The highest BCUT2D eigenvalue weighted by atomic mass is 16.5. The van der Waals surface area contributed by atoms with Crippen LogP contribution in [0.4, 0.5) is 5.69 Å². The van der Waals surface area contributed by atoms with Crippen LogP contribution < -0.4 is 19.1 Å². The largest absolute Gasteiger partial charge is 0.497 e. The number of ether oxygens (including phenoxy) is 3. The van der Waals surface area contributed by atoms with E-state index in [0.717, 1.165) is 0 Å². The zero-order valence-corrected chi connectivity index (χ0v) is 16.0. The van der Waals surface area contributed by atoms with E-state index in [4.69, 9.17) is 14.2 Å². The molecular weight excluding hydrogens is 362 g/mol. The number of carboxylic acids is 1. The quantitative estimate of drug-likeness (QED) is 0.821. The number of methoxy groups -OCH3 is 3. The normalized spacial score (nSPS) is 19.2. The molecule has 1 fully saturated rings. The Balaban J connectivity index is 2.11. The molecule has 3 rings (SSSR count). The SMILES string of the molecule is COc1ccc(N2C(=O)CC[C@@H](C(=O)O)[C@H]2c2ccc(OC)c(OC)c2)cc1. The van der Waals surface area contributed by atoms with Gasteiger partial charge in [-0.3, -0.25) is 9.59 Å². The lowest BCUT2D eigenvalue weighted by molar-refractivity contribution is -0.144. The fourth-order valence-corrected chi connectivity index (χ4v) is 3.62. The molecule has 0 unspecified atom stereocenters. The Bertz CT molecular complexity index is 864. The van der Waals surface area contributed by atoms with Crippen molar-refractivity contribution in [3.63, 3.8) is 0 Å². The fourth-order valence-electron chi connectivity index (χ4n) is 3.62. The third kappa shape index (κ3) is 3.60. The number of anilines is 1. The molecule has 148 valence electrons. The summed E-state index contributed by atoms with van der Waals surface area (Å²) in [4.78, 5) is 26.4. The van der Waals surface area contributed by atoms with E-state index >= 15 is 0 Å².